The maximum atomic E-state index is 4.82. The van der Waals surface area contributed by atoms with Crippen molar-refractivity contribution in [3.8, 4) is 11.4 Å². The van der Waals surface area contributed by atoms with Gasteiger partial charge in [-0.2, -0.15) is 9.61 Å². The summed E-state index contributed by atoms with van der Waals surface area (Å²) < 4.78 is 1.82. The minimum Gasteiger partial charge on any atom is -0.354 e. The van der Waals surface area contributed by atoms with E-state index < -0.39 is 0 Å². The molecule has 4 aromatic rings. The summed E-state index contributed by atoms with van der Waals surface area (Å²) in [7, 11) is 0. The van der Waals surface area contributed by atoms with Gasteiger partial charge in [-0.1, -0.05) is 30.3 Å². The first-order valence-electron chi connectivity index (χ1n) is 8.76. The number of benzene rings is 1. The summed E-state index contributed by atoms with van der Waals surface area (Å²) in [5, 5.41) is 20.4. The normalized spacial score (nSPS) is 17.7. The van der Waals surface area contributed by atoms with Gasteiger partial charge in [-0.25, -0.2) is 4.98 Å². The number of hydrogen-bond donors (Lipinski definition) is 1. The van der Waals surface area contributed by atoms with Crippen LogP contribution in [0.4, 0.5) is 5.82 Å². The summed E-state index contributed by atoms with van der Waals surface area (Å²) in [6.45, 7) is 1.85. The Morgan fingerprint density at radius 1 is 1.04 bits per heavy atom. The lowest BCUT2D eigenvalue weighted by molar-refractivity contribution is 0.488. The Morgan fingerprint density at radius 3 is 2.81 bits per heavy atom. The van der Waals surface area contributed by atoms with Gasteiger partial charge in [0.1, 0.15) is 18.0 Å². The number of aromatic nitrogens is 7. The summed E-state index contributed by atoms with van der Waals surface area (Å²) in [5.74, 6) is 2.98. The zero-order valence-electron chi connectivity index (χ0n) is 14.2. The van der Waals surface area contributed by atoms with E-state index in [9.17, 15) is 0 Å². The molecular formula is C18H18N8. The quantitative estimate of drug-likeness (QED) is 0.612. The molecule has 0 radical (unpaired) electrons. The third-order valence-electron chi connectivity index (χ3n) is 4.85. The van der Waals surface area contributed by atoms with Crippen LogP contribution in [0.25, 0.3) is 17.0 Å². The Kier molecular flexibility index (Phi) is 3.59. The number of H-pyrrole nitrogens is 1. The van der Waals surface area contributed by atoms with E-state index >= 15 is 0 Å². The lowest BCUT2D eigenvalue weighted by Crippen LogP contribution is -2.35. The molecule has 1 aromatic carbocycles. The van der Waals surface area contributed by atoms with Crippen molar-refractivity contribution in [2.45, 2.75) is 18.8 Å². The van der Waals surface area contributed by atoms with Crippen molar-refractivity contribution in [1.82, 2.24) is 35.0 Å². The van der Waals surface area contributed by atoms with Gasteiger partial charge in [-0.05, 0) is 25.0 Å². The number of piperidine rings is 1. The standard InChI is InChI=1S/C18H18N8/c1-2-5-13(6-3-1)18-23-21-15-8-9-16(24-26(15)18)25-10-4-7-14(11-25)17-19-12-20-22-17/h1-3,5-6,8-9,12,14H,4,7,10-11H2,(H,19,20,22). The zero-order chi connectivity index (χ0) is 17.3. The fourth-order valence-corrected chi connectivity index (χ4v) is 3.54. The van der Waals surface area contributed by atoms with E-state index in [1.807, 2.05) is 47.0 Å². The molecule has 4 heterocycles. The van der Waals surface area contributed by atoms with Crippen LogP contribution in [0.1, 0.15) is 24.6 Å². The number of fused-ring (bicyclic) bond motifs is 1. The first kappa shape index (κ1) is 15.0. The van der Waals surface area contributed by atoms with Crippen LogP contribution in [0.5, 0.6) is 0 Å². The molecule has 8 nitrogen and oxygen atoms in total. The minimum absolute atomic E-state index is 0.346. The molecular weight excluding hydrogens is 328 g/mol. The molecule has 1 N–H and O–H groups in total. The second kappa shape index (κ2) is 6.21. The first-order valence-corrected chi connectivity index (χ1v) is 8.76. The molecule has 0 bridgehead atoms. The molecule has 0 saturated carbocycles. The predicted octanol–water partition coefficient (Wildman–Crippen LogP) is 2.29. The van der Waals surface area contributed by atoms with Crippen LogP contribution in [-0.2, 0) is 0 Å². The van der Waals surface area contributed by atoms with Crippen molar-refractivity contribution in [3.05, 3.63) is 54.6 Å². The summed E-state index contributed by atoms with van der Waals surface area (Å²) in [6, 6.07) is 14.0. The zero-order valence-corrected chi connectivity index (χ0v) is 14.2. The summed E-state index contributed by atoms with van der Waals surface area (Å²) in [6.07, 6.45) is 3.77. The molecule has 1 atom stereocenters. The van der Waals surface area contributed by atoms with Gasteiger partial charge in [-0.3, -0.25) is 5.10 Å². The van der Waals surface area contributed by atoms with E-state index in [4.69, 9.17) is 5.10 Å². The lowest BCUT2D eigenvalue weighted by Gasteiger charge is -2.32. The largest absolute Gasteiger partial charge is 0.354 e. The Labute approximate surface area is 149 Å². The van der Waals surface area contributed by atoms with Gasteiger partial charge >= 0.3 is 0 Å². The molecule has 8 heteroatoms. The monoisotopic (exact) mass is 346 g/mol. The molecule has 3 aromatic heterocycles. The lowest BCUT2D eigenvalue weighted by atomic mass is 9.97. The van der Waals surface area contributed by atoms with Crippen molar-refractivity contribution in [3.63, 3.8) is 0 Å². The average molecular weight is 346 g/mol. The van der Waals surface area contributed by atoms with Crippen molar-refractivity contribution in [1.29, 1.82) is 0 Å². The number of anilines is 1. The first-order chi connectivity index (χ1) is 12.9. The van der Waals surface area contributed by atoms with Gasteiger partial charge in [0.15, 0.2) is 11.5 Å². The average Bonchev–Trinajstić information content (AvgIpc) is 3.38. The van der Waals surface area contributed by atoms with Crippen molar-refractivity contribution < 1.29 is 0 Å². The molecule has 0 aliphatic carbocycles. The van der Waals surface area contributed by atoms with Gasteiger partial charge in [-0.15, -0.1) is 15.3 Å². The highest BCUT2D eigenvalue weighted by Crippen LogP contribution is 2.27. The number of rotatable bonds is 3. The molecule has 1 fully saturated rings. The Bertz CT molecular complexity index is 1010. The molecule has 130 valence electrons. The fraction of sp³-hybridized carbons (Fsp3) is 0.278. The van der Waals surface area contributed by atoms with Gasteiger partial charge in [0.05, 0.1) is 0 Å². The van der Waals surface area contributed by atoms with Crippen LogP contribution in [0.2, 0.25) is 0 Å². The number of hydrogen-bond acceptors (Lipinski definition) is 6. The van der Waals surface area contributed by atoms with Crippen molar-refractivity contribution in [2.24, 2.45) is 0 Å². The van der Waals surface area contributed by atoms with Crippen LogP contribution in [0.15, 0.2) is 48.8 Å². The van der Waals surface area contributed by atoms with Crippen LogP contribution in [0.3, 0.4) is 0 Å². The molecule has 0 amide bonds. The molecule has 1 aliphatic heterocycles. The van der Waals surface area contributed by atoms with Gasteiger partial charge in [0, 0.05) is 24.6 Å². The summed E-state index contributed by atoms with van der Waals surface area (Å²) >= 11 is 0. The number of nitrogens with one attached hydrogen (secondary N) is 1. The van der Waals surface area contributed by atoms with E-state index in [1.165, 1.54) is 0 Å². The predicted molar refractivity (Wildman–Crippen MR) is 96.8 cm³/mol. The highest BCUT2D eigenvalue weighted by atomic mass is 15.4. The highest BCUT2D eigenvalue weighted by molar-refractivity contribution is 5.59. The maximum Gasteiger partial charge on any atom is 0.185 e. The molecule has 1 unspecified atom stereocenters. The number of aromatic amines is 1. The van der Waals surface area contributed by atoms with E-state index in [0.717, 1.165) is 54.6 Å². The Balaban J connectivity index is 1.49. The van der Waals surface area contributed by atoms with Gasteiger partial charge in [0.2, 0.25) is 0 Å². The van der Waals surface area contributed by atoms with E-state index in [2.05, 4.69) is 30.3 Å². The molecule has 0 spiro atoms. The molecule has 1 saturated heterocycles. The highest BCUT2D eigenvalue weighted by Gasteiger charge is 2.24. The second-order valence-corrected chi connectivity index (χ2v) is 6.51. The minimum atomic E-state index is 0.346. The third kappa shape index (κ3) is 2.59. The van der Waals surface area contributed by atoms with E-state index in [1.54, 1.807) is 6.33 Å². The van der Waals surface area contributed by atoms with Crippen molar-refractivity contribution in [2.75, 3.05) is 18.0 Å². The Morgan fingerprint density at radius 2 is 1.96 bits per heavy atom. The smallest absolute Gasteiger partial charge is 0.185 e. The fourth-order valence-electron chi connectivity index (χ4n) is 3.54. The van der Waals surface area contributed by atoms with Crippen LogP contribution in [-0.4, -0.2) is 48.1 Å². The molecule has 1 aliphatic rings. The SMILES string of the molecule is c1ccc(-c2nnc3ccc(N4CCCC(c5ncn[nH]5)C4)nn23)cc1. The van der Waals surface area contributed by atoms with E-state index in [-0.39, 0.29) is 0 Å². The molecule has 5 rings (SSSR count). The molecule has 26 heavy (non-hydrogen) atoms. The summed E-state index contributed by atoms with van der Waals surface area (Å²) in [4.78, 5) is 6.62. The van der Waals surface area contributed by atoms with Crippen LogP contribution >= 0.6 is 0 Å². The van der Waals surface area contributed by atoms with Gasteiger partial charge < -0.3 is 4.90 Å². The third-order valence-corrected chi connectivity index (χ3v) is 4.85. The second-order valence-electron chi connectivity index (χ2n) is 6.51. The Hall–Kier alpha value is -3.29. The van der Waals surface area contributed by atoms with Crippen molar-refractivity contribution >= 4 is 11.5 Å². The van der Waals surface area contributed by atoms with Gasteiger partial charge in [0.25, 0.3) is 0 Å². The summed E-state index contributed by atoms with van der Waals surface area (Å²) in [5.41, 5.74) is 1.75. The maximum absolute atomic E-state index is 4.82. The number of nitrogens with zero attached hydrogens (tertiary/aromatic N) is 7. The van der Waals surface area contributed by atoms with Crippen LogP contribution in [0, 0.1) is 0 Å². The van der Waals surface area contributed by atoms with Crippen LogP contribution < -0.4 is 4.90 Å². The van der Waals surface area contributed by atoms with E-state index in [0.29, 0.717) is 5.92 Å². The topological polar surface area (TPSA) is 87.9 Å².